The maximum Gasteiger partial charge on any atom is 0.411 e. The molecular formula is C33H46N4O5. The van der Waals surface area contributed by atoms with Crippen LogP contribution < -0.4 is 5.32 Å². The number of amides is 2. The number of nitrogens with zero attached hydrogens (tertiary/aromatic N) is 3. The molecule has 2 heterocycles. The molecule has 0 bridgehead atoms. The summed E-state index contributed by atoms with van der Waals surface area (Å²) in [4.78, 5) is 32.0. The summed E-state index contributed by atoms with van der Waals surface area (Å²) in [5, 5.41) is 2.95. The summed E-state index contributed by atoms with van der Waals surface area (Å²) >= 11 is 0. The Morgan fingerprint density at radius 2 is 1.60 bits per heavy atom. The van der Waals surface area contributed by atoms with Gasteiger partial charge in [0.1, 0.15) is 6.10 Å². The van der Waals surface area contributed by atoms with Crippen LogP contribution in [0.4, 0.5) is 10.5 Å². The Morgan fingerprint density at radius 1 is 0.952 bits per heavy atom. The molecule has 2 aliphatic heterocycles. The Labute approximate surface area is 250 Å². The maximum absolute atomic E-state index is 12.9. The van der Waals surface area contributed by atoms with Crippen molar-refractivity contribution in [3.05, 3.63) is 66.9 Å². The van der Waals surface area contributed by atoms with Crippen molar-refractivity contribution in [1.82, 2.24) is 14.7 Å². The van der Waals surface area contributed by atoms with Gasteiger partial charge in [0, 0.05) is 71.2 Å². The molecule has 2 fully saturated rings. The molecule has 0 aromatic heterocycles. The van der Waals surface area contributed by atoms with E-state index in [1.165, 1.54) is 0 Å². The van der Waals surface area contributed by atoms with Gasteiger partial charge in [0.2, 0.25) is 5.91 Å². The second kappa shape index (κ2) is 15.7. The van der Waals surface area contributed by atoms with Gasteiger partial charge in [0.15, 0.2) is 6.29 Å². The van der Waals surface area contributed by atoms with E-state index in [4.69, 9.17) is 14.2 Å². The van der Waals surface area contributed by atoms with Gasteiger partial charge >= 0.3 is 6.09 Å². The van der Waals surface area contributed by atoms with Gasteiger partial charge in [-0.2, -0.15) is 0 Å². The molecule has 0 unspecified atom stereocenters. The number of methoxy groups -OCH3 is 2. The summed E-state index contributed by atoms with van der Waals surface area (Å²) in [5.41, 5.74) is 3.89. The number of para-hydroxylation sites is 1. The number of hydrogen-bond acceptors (Lipinski definition) is 7. The Morgan fingerprint density at radius 3 is 2.26 bits per heavy atom. The molecule has 0 radical (unpaired) electrons. The Kier molecular flexibility index (Phi) is 11.8. The molecule has 0 spiro atoms. The van der Waals surface area contributed by atoms with Crippen LogP contribution in [0.25, 0.3) is 11.1 Å². The molecule has 1 N–H and O–H groups in total. The number of piperidine rings is 2. The molecule has 2 saturated heterocycles. The van der Waals surface area contributed by atoms with E-state index in [2.05, 4.69) is 21.7 Å². The summed E-state index contributed by atoms with van der Waals surface area (Å²) in [6.07, 6.45) is 3.27. The molecular weight excluding hydrogens is 532 g/mol. The third-order valence-electron chi connectivity index (χ3n) is 8.39. The summed E-state index contributed by atoms with van der Waals surface area (Å²) in [5.74, 6) is 0.176. The number of likely N-dealkylation sites (tertiary alicyclic amines) is 2. The zero-order valence-corrected chi connectivity index (χ0v) is 25.3. The van der Waals surface area contributed by atoms with Crippen molar-refractivity contribution in [3.8, 4) is 11.1 Å². The van der Waals surface area contributed by atoms with Crippen LogP contribution in [-0.4, -0.2) is 99.6 Å². The first-order valence-electron chi connectivity index (χ1n) is 15.0. The number of likely N-dealkylation sites (N-methyl/N-ethyl adjacent to an activating group) is 1. The summed E-state index contributed by atoms with van der Waals surface area (Å²) in [7, 11) is 4.98. The van der Waals surface area contributed by atoms with Crippen molar-refractivity contribution < 1.29 is 23.8 Å². The van der Waals surface area contributed by atoms with Gasteiger partial charge < -0.3 is 28.9 Å². The molecule has 9 heteroatoms. The number of hydrogen-bond donors (Lipinski definition) is 1. The molecule has 2 aromatic carbocycles. The molecule has 0 atom stereocenters. The standard InChI is InChI=1S/C33H46N4O5/c1-25(37-22-15-27(16-23-37)32(38)35(2)24-31(40-3)41-4)14-19-36-20-17-28(18-21-36)42-33(39)34-30-13-9-8-12-29(30)26-10-6-5-7-11-26/h5-13,27-28,31H,1,14-24H2,2-4H3,(H,34,39). The highest BCUT2D eigenvalue weighted by molar-refractivity contribution is 5.91. The SMILES string of the molecule is C=C(CCN1CCC(OC(=O)Nc2ccccc2-c2ccccc2)CC1)N1CCC(C(=O)N(C)CC(OC)OC)CC1. The van der Waals surface area contributed by atoms with E-state index in [1.807, 2.05) is 61.6 Å². The number of carbonyl (C=O) groups excluding carboxylic acids is 2. The highest BCUT2D eigenvalue weighted by atomic mass is 16.7. The van der Waals surface area contributed by atoms with Gasteiger partial charge in [0.05, 0.1) is 12.2 Å². The van der Waals surface area contributed by atoms with Crippen molar-refractivity contribution >= 4 is 17.7 Å². The average molecular weight is 579 g/mol. The predicted molar refractivity (Wildman–Crippen MR) is 165 cm³/mol. The first-order valence-corrected chi connectivity index (χ1v) is 15.0. The molecule has 4 rings (SSSR count). The van der Waals surface area contributed by atoms with Crippen molar-refractivity contribution in [3.63, 3.8) is 0 Å². The van der Waals surface area contributed by atoms with Crippen molar-refractivity contribution in [2.45, 2.75) is 44.5 Å². The minimum absolute atomic E-state index is 0.0245. The quantitative estimate of drug-likeness (QED) is 0.353. The molecule has 228 valence electrons. The Balaban J connectivity index is 1.14. The lowest BCUT2D eigenvalue weighted by molar-refractivity contribution is -0.147. The Bertz CT molecular complexity index is 1160. The lowest BCUT2D eigenvalue weighted by Gasteiger charge is -2.37. The topological polar surface area (TPSA) is 83.6 Å². The van der Waals surface area contributed by atoms with Gasteiger partial charge in [0.25, 0.3) is 0 Å². The van der Waals surface area contributed by atoms with Crippen molar-refractivity contribution in [2.75, 3.05) is 65.9 Å². The van der Waals surface area contributed by atoms with E-state index in [1.54, 1.807) is 19.1 Å². The van der Waals surface area contributed by atoms with E-state index in [9.17, 15) is 9.59 Å². The lowest BCUT2D eigenvalue weighted by Crippen LogP contribution is -2.44. The van der Waals surface area contributed by atoms with Crippen molar-refractivity contribution in [1.29, 1.82) is 0 Å². The highest BCUT2D eigenvalue weighted by Gasteiger charge is 2.29. The number of nitrogens with one attached hydrogen (secondary N) is 1. The fourth-order valence-corrected chi connectivity index (χ4v) is 5.76. The van der Waals surface area contributed by atoms with E-state index in [0.29, 0.717) is 6.54 Å². The maximum atomic E-state index is 12.9. The van der Waals surface area contributed by atoms with E-state index < -0.39 is 12.4 Å². The molecule has 2 amide bonds. The fourth-order valence-electron chi connectivity index (χ4n) is 5.76. The van der Waals surface area contributed by atoms with E-state index in [0.717, 1.165) is 87.3 Å². The second-order valence-corrected chi connectivity index (χ2v) is 11.2. The second-order valence-electron chi connectivity index (χ2n) is 11.2. The molecule has 42 heavy (non-hydrogen) atoms. The number of ether oxygens (including phenoxy) is 3. The largest absolute Gasteiger partial charge is 0.446 e. The van der Waals surface area contributed by atoms with Gasteiger partial charge in [-0.05, 0) is 43.7 Å². The van der Waals surface area contributed by atoms with Gasteiger partial charge in [-0.25, -0.2) is 4.79 Å². The first-order chi connectivity index (χ1) is 20.4. The van der Waals surface area contributed by atoms with Crippen LogP contribution in [0.5, 0.6) is 0 Å². The molecule has 2 aliphatic rings. The van der Waals surface area contributed by atoms with Crippen LogP contribution in [-0.2, 0) is 19.0 Å². The third-order valence-corrected chi connectivity index (χ3v) is 8.39. The average Bonchev–Trinajstić information content (AvgIpc) is 3.03. The number of rotatable bonds is 12. The van der Waals surface area contributed by atoms with Crippen LogP contribution in [0, 0.1) is 5.92 Å². The van der Waals surface area contributed by atoms with Gasteiger partial charge in [-0.3, -0.25) is 10.1 Å². The van der Waals surface area contributed by atoms with E-state index in [-0.39, 0.29) is 17.9 Å². The van der Waals surface area contributed by atoms with Gasteiger partial charge in [-0.15, -0.1) is 0 Å². The monoisotopic (exact) mass is 578 g/mol. The molecule has 9 nitrogen and oxygen atoms in total. The summed E-state index contributed by atoms with van der Waals surface area (Å²) in [6, 6.07) is 17.8. The van der Waals surface area contributed by atoms with Crippen LogP contribution in [0.3, 0.4) is 0 Å². The first kappa shape index (κ1) is 31.5. The lowest BCUT2D eigenvalue weighted by atomic mass is 9.94. The zero-order valence-electron chi connectivity index (χ0n) is 25.3. The summed E-state index contributed by atoms with van der Waals surface area (Å²) < 4.78 is 16.2. The summed E-state index contributed by atoms with van der Waals surface area (Å²) in [6.45, 7) is 9.17. The normalized spacial score (nSPS) is 16.8. The smallest absolute Gasteiger partial charge is 0.411 e. The third kappa shape index (κ3) is 8.80. The van der Waals surface area contributed by atoms with Gasteiger partial charge in [-0.1, -0.05) is 55.1 Å². The number of carbonyl (C=O) groups is 2. The van der Waals surface area contributed by atoms with Crippen LogP contribution in [0.1, 0.15) is 32.1 Å². The highest BCUT2D eigenvalue weighted by Crippen LogP contribution is 2.28. The zero-order chi connectivity index (χ0) is 29.9. The number of anilines is 1. The number of benzene rings is 2. The predicted octanol–water partition coefficient (Wildman–Crippen LogP) is 5.06. The van der Waals surface area contributed by atoms with Crippen LogP contribution in [0.15, 0.2) is 66.9 Å². The van der Waals surface area contributed by atoms with Crippen molar-refractivity contribution in [2.24, 2.45) is 5.92 Å². The van der Waals surface area contributed by atoms with Crippen LogP contribution >= 0.6 is 0 Å². The Hall–Kier alpha value is -3.40. The van der Waals surface area contributed by atoms with E-state index >= 15 is 0 Å². The minimum atomic E-state index is -0.407. The minimum Gasteiger partial charge on any atom is -0.446 e. The molecule has 2 aromatic rings. The molecule has 0 saturated carbocycles. The molecule has 0 aliphatic carbocycles. The van der Waals surface area contributed by atoms with Crippen LogP contribution in [0.2, 0.25) is 0 Å². The fraction of sp³-hybridized carbons (Fsp3) is 0.515.